The highest BCUT2D eigenvalue weighted by molar-refractivity contribution is 7.92. The van der Waals surface area contributed by atoms with Crippen molar-refractivity contribution in [1.82, 2.24) is 0 Å². The Kier molecular flexibility index (Phi) is 5.18. The van der Waals surface area contributed by atoms with Crippen molar-refractivity contribution in [3.8, 4) is 0 Å². The van der Waals surface area contributed by atoms with Gasteiger partial charge in [0.05, 0.1) is 10.8 Å². The number of rotatable bonds is 5. The van der Waals surface area contributed by atoms with Gasteiger partial charge < -0.3 is 10.0 Å². The van der Waals surface area contributed by atoms with E-state index in [4.69, 9.17) is 0 Å². The molecule has 0 saturated carbocycles. The average Bonchev–Trinajstić information content (AvgIpc) is 2.62. The molecule has 3 rings (SSSR count). The molecule has 2 aromatic carbocycles. The van der Waals surface area contributed by atoms with Crippen molar-refractivity contribution in [3.05, 3.63) is 54.1 Å². The molecular weight excluding hydrogens is 352 g/mol. The van der Waals surface area contributed by atoms with Gasteiger partial charge in [-0.05, 0) is 56.2 Å². The molecule has 0 bridgehead atoms. The molecule has 1 fully saturated rings. The van der Waals surface area contributed by atoms with Crippen LogP contribution in [0.25, 0.3) is 0 Å². The number of aryl methyl sites for hydroxylation is 1. The van der Waals surface area contributed by atoms with Crippen molar-refractivity contribution >= 4 is 27.4 Å². The predicted molar refractivity (Wildman–Crippen MR) is 101 cm³/mol. The Morgan fingerprint density at radius 2 is 1.77 bits per heavy atom. The Balaban J connectivity index is 1.71. The van der Waals surface area contributed by atoms with E-state index in [0.717, 1.165) is 24.2 Å². The molecule has 138 valence electrons. The van der Waals surface area contributed by atoms with Crippen molar-refractivity contribution in [2.75, 3.05) is 22.7 Å². The summed E-state index contributed by atoms with van der Waals surface area (Å²) in [6.45, 7) is 3.18. The van der Waals surface area contributed by atoms with E-state index in [9.17, 15) is 18.3 Å². The summed E-state index contributed by atoms with van der Waals surface area (Å²) < 4.78 is 27.4. The highest BCUT2D eigenvalue weighted by Crippen LogP contribution is 2.25. The van der Waals surface area contributed by atoms with Crippen LogP contribution in [0.15, 0.2) is 53.4 Å². The van der Waals surface area contributed by atoms with Crippen molar-refractivity contribution in [2.24, 2.45) is 5.92 Å². The Hall–Kier alpha value is -2.54. The molecule has 1 saturated heterocycles. The number of carboxylic acids is 1. The van der Waals surface area contributed by atoms with Gasteiger partial charge >= 0.3 is 5.97 Å². The summed E-state index contributed by atoms with van der Waals surface area (Å²) in [5.41, 5.74) is 2.37. The first-order chi connectivity index (χ1) is 12.3. The molecule has 1 aliphatic heterocycles. The first-order valence-corrected chi connectivity index (χ1v) is 10.0. The van der Waals surface area contributed by atoms with E-state index in [1.165, 1.54) is 0 Å². The molecule has 0 amide bonds. The lowest BCUT2D eigenvalue weighted by atomic mass is 9.98. The maximum atomic E-state index is 12.4. The number of piperidine rings is 1. The summed E-state index contributed by atoms with van der Waals surface area (Å²) in [6.07, 6.45) is 1.53. The van der Waals surface area contributed by atoms with Crippen molar-refractivity contribution in [2.45, 2.75) is 24.7 Å². The van der Waals surface area contributed by atoms with Gasteiger partial charge in [-0.3, -0.25) is 9.52 Å². The minimum atomic E-state index is -3.63. The molecule has 6 nitrogen and oxygen atoms in total. The molecule has 26 heavy (non-hydrogen) atoms. The molecule has 1 atom stereocenters. The second kappa shape index (κ2) is 7.37. The van der Waals surface area contributed by atoms with Gasteiger partial charge in [0.15, 0.2) is 0 Å². The van der Waals surface area contributed by atoms with Gasteiger partial charge in [-0.2, -0.15) is 0 Å². The van der Waals surface area contributed by atoms with E-state index in [2.05, 4.69) is 4.72 Å². The first-order valence-electron chi connectivity index (χ1n) is 8.52. The van der Waals surface area contributed by atoms with Crippen LogP contribution in [0.3, 0.4) is 0 Å². The summed E-state index contributed by atoms with van der Waals surface area (Å²) in [7, 11) is -3.63. The molecule has 0 aliphatic carbocycles. The summed E-state index contributed by atoms with van der Waals surface area (Å²) in [6, 6.07) is 13.7. The number of nitrogens with zero attached hydrogens (tertiary/aromatic N) is 1. The van der Waals surface area contributed by atoms with Crippen molar-refractivity contribution < 1.29 is 18.3 Å². The zero-order chi connectivity index (χ0) is 18.7. The number of nitrogens with one attached hydrogen (secondary N) is 1. The Morgan fingerprint density at radius 3 is 2.38 bits per heavy atom. The molecule has 1 heterocycles. The van der Waals surface area contributed by atoms with Crippen LogP contribution >= 0.6 is 0 Å². The molecule has 1 unspecified atom stereocenters. The highest BCUT2D eigenvalue weighted by Gasteiger charge is 2.25. The summed E-state index contributed by atoms with van der Waals surface area (Å²) >= 11 is 0. The molecule has 2 aromatic rings. The van der Waals surface area contributed by atoms with E-state index < -0.39 is 16.0 Å². The molecular formula is C19H22N2O4S. The predicted octanol–water partition coefficient (Wildman–Crippen LogP) is 3.10. The maximum absolute atomic E-state index is 12.4. The lowest BCUT2D eigenvalue weighted by Crippen LogP contribution is -2.38. The third kappa shape index (κ3) is 4.16. The molecule has 2 N–H and O–H groups in total. The quantitative estimate of drug-likeness (QED) is 0.840. The fraction of sp³-hybridized carbons (Fsp3) is 0.316. The van der Waals surface area contributed by atoms with Crippen LogP contribution in [0.2, 0.25) is 0 Å². The normalized spacial score (nSPS) is 17.7. The summed E-state index contributed by atoms with van der Waals surface area (Å²) in [4.78, 5) is 13.4. The molecule has 0 spiro atoms. The van der Waals surface area contributed by atoms with Crippen LogP contribution in [0.4, 0.5) is 11.4 Å². The van der Waals surface area contributed by atoms with Gasteiger partial charge in [0.2, 0.25) is 0 Å². The standard InChI is InChI=1S/C19H22N2O4S/c1-14-4-10-18(11-5-14)26(24,25)20-16-6-8-17(9-7-16)21-12-2-3-15(13-21)19(22)23/h4-11,15,20H,2-3,12-13H2,1H3,(H,22,23). The topological polar surface area (TPSA) is 86.7 Å². The van der Waals surface area contributed by atoms with Gasteiger partial charge in [-0.1, -0.05) is 17.7 Å². The lowest BCUT2D eigenvalue weighted by Gasteiger charge is -2.32. The monoisotopic (exact) mass is 374 g/mol. The lowest BCUT2D eigenvalue weighted by molar-refractivity contribution is -0.141. The van der Waals surface area contributed by atoms with E-state index >= 15 is 0 Å². The van der Waals surface area contributed by atoms with E-state index in [-0.39, 0.29) is 10.8 Å². The van der Waals surface area contributed by atoms with Gasteiger partial charge in [-0.25, -0.2) is 8.42 Å². The zero-order valence-electron chi connectivity index (χ0n) is 14.6. The second-order valence-electron chi connectivity index (χ2n) is 6.59. The number of anilines is 2. The highest BCUT2D eigenvalue weighted by atomic mass is 32.2. The summed E-state index contributed by atoms with van der Waals surface area (Å²) in [5, 5.41) is 9.20. The first kappa shape index (κ1) is 18.3. The number of hydrogen-bond acceptors (Lipinski definition) is 4. The Bertz CT molecular complexity index is 877. The smallest absolute Gasteiger partial charge is 0.308 e. The minimum Gasteiger partial charge on any atom is -0.481 e. The fourth-order valence-electron chi connectivity index (χ4n) is 3.09. The van der Waals surface area contributed by atoms with Gasteiger partial charge in [0.25, 0.3) is 10.0 Å². The number of carbonyl (C=O) groups is 1. The third-order valence-electron chi connectivity index (χ3n) is 4.59. The maximum Gasteiger partial charge on any atom is 0.308 e. The number of hydrogen-bond donors (Lipinski definition) is 2. The summed E-state index contributed by atoms with van der Waals surface area (Å²) in [5.74, 6) is -1.12. The van der Waals surface area contributed by atoms with Crippen LogP contribution in [0, 0.1) is 12.8 Å². The van der Waals surface area contributed by atoms with E-state index in [1.807, 2.05) is 24.0 Å². The molecule has 0 radical (unpaired) electrons. The molecule has 1 aliphatic rings. The van der Waals surface area contributed by atoms with E-state index in [1.54, 1.807) is 36.4 Å². The van der Waals surface area contributed by atoms with Crippen molar-refractivity contribution in [1.29, 1.82) is 0 Å². The number of sulfonamides is 1. The zero-order valence-corrected chi connectivity index (χ0v) is 15.4. The van der Waals surface area contributed by atoms with Gasteiger partial charge in [0.1, 0.15) is 0 Å². The van der Waals surface area contributed by atoms with E-state index in [0.29, 0.717) is 18.7 Å². The molecule has 0 aromatic heterocycles. The van der Waals surface area contributed by atoms with Crippen molar-refractivity contribution in [3.63, 3.8) is 0 Å². The van der Waals surface area contributed by atoms with Crippen LogP contribution in [0.1, 0.15) is 18.4 Å². The average molecular weight is 374 g/mol. The van der Waals surface area contributed by atoms with Gasteiger partial charge in [0, 0.05) is 24.5 Å². The Labute approximate surface area is 153 Å². The SMILES string of the molecule is Cc1ccc(S(=O)(=O)Nc2ccc(N3CCCC(C(=O)O)C3)cc2)cc1. The number of carboxylic acid groups (broad SMARTS) is 1. The number of aliphatic carboxylic acids is 1. The second-order valence-corrected chi connectivity index (χ2v) is 8.27. The van der Waals surface area contributed by atoms with Crippen LogP contribution in [-0.4, -0.2) is 32.6 Å². The largest absolute Gasteiger partial charge is 0.481 e. The fourth-order valence-corrected chi connectivity index (χ4v) is 4.14. The van der Waals surface area contributed by atoms with Gasteiger partial charge in [-0.15, -0.1) is 0 Å². The van der Waals surface area contributed by atoms with Crippen LogP contribution < -0.4 is 9.62 Å². The molecule has 7 heteroatoms. The number of benzene rings is 2. The Morgan fingerprint density at radius 1 is 1.12 bits per heavy atom. The third-order valence-corrected chi connectivity index (χ3v) is 5.98. The van der Waals surface area contributed by atoms with Crippen LogP contribution in [0.5, 0.6) is 0 Å². The van der Waals surface area contributed by atoms with Crippen LogP contribution in [-0.2, 0) is 14.8 Å². The minimum absolute atomic E-state index is 0.215.